The molecule has 130 valence electrons. The molecular weight excluding hydrogens is 359 g/mol. The van der Waals surface area contributed by atoms with E-state index in [9.17, 15) is 5.26 Å². The molecule has 1 atom stereocenters. The highest BCUT2D eigenvalue weighted by Crippen LogP contribution is 2.43. The van der Waals surface area contributed by atoms with Crippen LogP contribution in [0.3, 0.4) is 0 Å². The number of halogens is 2. The van der Waals surface area contributed by atoms with Gasteiger partial charge in [0.25, 0.3) is 0 Å². The molecule has 7 heteroatoms. The van der Waals surface area contributed by atoms with Crippen molar-refractivity contribution in [2.45, 2.75) is 38.1 Å². The first-order valence-electron chi connectivity index (χ1n) is 7.94. The zero-order chi connectivity index (χ0) is 18.2. The van der Waals surface area contributed by atoms with Crippen LogP contribution in [-0.4, -0.2) is 21.4 Å². The minimum atomic E-state index is -0.708. The summed E-state index contributed by atoms with van der Waals surface area (Å²) in [7, 11) is 0. The number of benzene rings is 1. The van der Waals surface area contributed by atoms with Gasteiger partial charge in [-0.15, -0.1) is 10.2 Å². The predicted molar refractivity (Wildman–Crippen MR) is 97.3 cm³/mol. The van der Waals surface area contributed by atoms with Gasteiger partial charge in [0.2, 0.25) is 0 Å². The summed E-state index contributed by atoms with van der Waals surface area (Å²) >= 11 is 12.7. The van der Waals surface area contributed by atoms with Gasteiger partial charge in [0.1, 0.15) is 23.6 Å². The van der Waals surface area contributed by atoms with Gasteiger partial charge in [-0.3, -0.25) is 0 Å². The number of nitriles is 1. The molecule has 3 rings (SSSR count). The van der Waals surface area contributed by atoms with Crippen LogP contribution in [0.4, 0.5) is 0 Å². The maximum Gasteiger partial charge on any atom is 0.152 e. The zero-order valence-corrected chi connectivity index (χ0v) is 15.6. The Morgan fingerprint density at radius 1 is 1.44 bits per heavy atom. The van der Waals surface area contributed by atoms with Crippen LogP contribution in [0, 0.1) is 11.3 Å². The van der Waals surface area contributed by atoms with Gasteiger partial charge >= 0.3 is 0 Å². The quantitative estimate of drug-likeness (QED) is 0.730. The van der Waals surface area contributed by atoms with Crippen LogP contribution in [0.1, 0.15) is 37.0 Å². The van der Waals surface area contributed by atoms with Gasteiger partial charge in [0.15, 0.2) is 5.82 Å². The first-order valence-corrected chi connectivity index (χ1v) is 8.70. The Morgan fingerprint density at radius 3 is 2.88 bits per heavy atom. The van der Waals surface area contributed by atoms with E-state index in [-0.39, 0.29) is 5.92 Å². The first-order chi connectivity index (χ1) is 11.9. The number of nitrogens with zero attached hydrogens (tertiary/aromatic N) is 4. The second-order valence-corrected chi connectivity index (χ2v) is 7.35. The van der Waals surface area contributed by atoms with Crippen molar-refractivity contribution in [3.05, 3.63) is 52.0 Å². The Morgan fingerprint density at radius 2 is 2.20 bits per heavy atom. The summed E-state index contributed by atoms with van der Waals surface area (Å²) in [6.45, 7) is 8.37. The molecule has 2 aromatic rings. The summed E-state index contributed by atoms with van der Waals surface area (Å²) in [6, 6.07) is 5.83. The SMILES string of the molecule is C=CCOc1ccc(Cl)c(Cl)c1C1Cc2nnc(C(C)(C)C#N)n2C1. The molecule has 5 nitrogen and oxygen atoms in total. The minimum absolute atomic E-state index is 0.0600. The summed E-state index contributed by atoms with van der Waals surface area (Å²) in [5.74, 6) is 2.26. The molecule has 0 aliphatic carbocycles. The lowest BCUT2D eigenvalue weighted by Crippen LogP contribution is -2.21. The number of hydrogen-bond donors (Lipinski definition) is 0. The molecule has 1 aliphatic rings. The van der Waals surface area contributed by atoms with Crippen LogP contribution >= 0.6 is 23.2 Å². The van der Waals surface area contributed by atoms with Crippen LogP contribution in [-0.2, 0) is 18.4 Å². The van der Waals surface area contributed by atoms with E-state index in [4.69, 9.17) is 27.9 Å². The van der Waals surface area contributed by atoms with Crippen LogP contribution < -0.4 is 4.74 Å². The topological polar surface area (TPSA) is 63.7 Å². The molecule has 1 unspecified atom stereocenters. The van der Waals surface area contributed by atoms with E-state index < -0.39 is 5.41 Å². The highest BCUT2D eigenvalue weighted by Gasteiger charge is 2.36. The largest absolute Gasteiger partial charge is 0.489 e. The molecule has 0 fully saturated rings. The van der Waals surface area contributed by atoms with Crippen LogP contribution in [0.25, 0.3) is 0 Å². The molecule has 2 heterocycles. The monoisotopic (exact) mass is 376 g/mol. The van der Waals surface area contributed by atoms with E-state index in [0.29, 0.717) is 41.2 Å². The van der Waals surface area contributed by atoms with E-state index in [0.717, 1.165) is 11.4 Å². The van der Waals surface area contributed by atoms with E-state index in [1.54, 1.807) is 12.1 Å². The van der Waals surface area contributed by atoms with Crippen molar-refractivity contribution in [1.82, 2.24) is 14.8 Å². The van der Waals surface area contributed by atoms with Crippen molar-refractivity contribution in [3.8, 4) is 11.8 Å². The van der Waals surface area contributed by atoms with Crippen molar-refractivity contribution in [3.63, 3.8) is 0 Å². The molecule has 1 aromatic heterocycles. The Hall–Kier alpha value is -2.03. The number of ether oxygens (including phenoxy) is 1. The number of hydrogen-bond acceptors (Lipinski definition) is 4. The number of fused-ring (bicyclic) bond motifs is 1. The summed E-state index contributed by atoms with van der Waals surface area (Å²) in [5, 5.41) is 18.9. The molecule has 1 aliphatic heterocycles. The van der Waals surface area contributed by atoms with E-state index in [2.05, 4.69) is 22.8 Å². The fourth-order valence-corrected chi connectivity index (χ4v) is 3.57. The lowest BCUT2D eigenvalue weighted by Gasteiger charge is -2.19. The summed E-state index contributed by atoms with van der Waals surface area (Å²) in [5.41, 5.74) is 0.155. The molecule has 1 aromatic carbocycles. The molecule has 25 heavy (non-hydrogen) atoms. The molecule has 0 N–H and O–H groups in total. The second kappa shape index (κ2) is 6.70. The van der Waals surface area contributed by atoms with Gasteiger partial charge < -0.3 is 9.30 Å². The Bertz CT molecular complexity index is 867. The Balaban J connectivity index is 1.99. The van der Waals surface area contributed by atoms with E-state index >= 15 is 0 Å². The Kier molecular flexibility index (Phi) is 4.77. The van der Waals surface area contributed by atoms with Gasteiger partial charge in [-0.25, -0.2) is 0 Å². The normalized spacial score (nSPS) is 16.4. The van der Waals surface area contributed by atoms with Gasteiger partial charge in [0.05, 0.1) is 16.1 Å². The van der Waals surface area contributed by atoms with E-state index in [1.807, 2.05) is 24.5 Å². The maximum absolute atomic E-state index is 9.40. The summed E-state index contributed by atoms with van der Waals surface area (Å²) in [6.07, 6.45) is 2.35. The average molecular weight is 377 g/mol. The van der Waals surface area contributed by atoms with Crippen LogP contribution in [0.2, 0.25) is 10.0 Å². The van der Waals surface area contributed by atoms with Gasteiger partial charge in [-0.2, -0.15) is 5.26 Å². The van der Waals surface area contributed by atoms with Crippen molar-refractivity contribution in [2.24, 2.45) is 0 Å². The van der Waals surface area contributed by atoms with Crippen LogP contribution in [0.15, 0.2) is 24.8 Å². The fraction of sp³-hybridized carbons (Fsp3) is 0.389. The van der Waals surface area contributed by atoms with Crippen molar-refractivity contribution >= 4 is 23.2 Å². The second-order valence-electron chi connectivity index (χ2n) is 6.56. The van der Waals surface area contributed by atoms with Gasteiger partial charge in [-0.1, -0.05) is 35.9 Å². The zero-order valence-electron chi connectivity index (χ0n) is 14.1. The van der Waals surface area contributed by atoms with Crippen molar-refractivity contribution in [2.75, 3.05) is 6.61 Å². The Labute approximate surface area is 156 Å². The standard InChI is InChI=1S/C18H18Cl2N4O/c1-4-7-25-13-6-5-12(19)16(20)15(13)11-8-14-22-23-17(24(14)9-11)18(2,3)10-21/h4-6,11H,1,7-9H2,2-3H3. The maximum atomic E-state index is 9.40. The molecule has 0 saturated carbocycles. The number of rotatable bonds is 5. The first kappa shape index (κ1) is 17.8. The van der Waals surface area contributed by atoms with Gasteiger partial charge in [0, 0.05) is 24.4 Å². The van der Waals surface area contributed by atoms with Crippen molar-refractivity contribution < 1.29 is 4.74 Å². The van der Waals surface area contributed by atoms with E-state index in [1.165, 1.54) is 0 Å². The predicted octanol–water partition coefficient (Wildman–Crippen LogP) is 4.29. The molecule has 0 radical (unpaired) electrons. The average Bonchev–Trinajstić information content (AvgIpc) is 3.16. The van der Waals surface area contributed by atoms with Crippen LogP contribution in [0.5, 0.6) is 5.75 Å². The molecule has 0 spiro atoms. The highest BCUT2D eigenvalue weighted by atomic mass is 35.5. The highest BCUT2D eigenvalue weighted by molar-refractivity contribution is 6.42. The smallest absolute Gasteiger partial charge is 0.152 e. The lowest BCUT2D eigenvalue weighted by atomic mass is 9.94. The lowest BCUT2D eigenvalue weighted by molar-refractivity contribution is 0.355. The molecule has 0 bridgehead atoms. The third-order valence-electron chi connectivity index (χ3n) is 4.36. The summed E-state index contributed by atoms with van der Waals surface area (Å²) in [4.78, 5) is 0. The third kappa shape index (κ3) is 3.12. The minimum Gasteiger partial charge on any atom is -0.489 e. The van der Waals surface area contributed by atoms with Gasteiger partial charge in [-0.05, 0) is 26.0 Å². The summed E-state index contributed by atoms with van der Waals surface area (Å²) < 4.78 is 7.77. The molecule has 0 saturated heterocycles. The molecular formula is C18H18Cl2N4O. The number of aromatic nitrogens is 3. The van der Waals surface area contributed by atoms with Crippen molar-refractivity contribution in [1.29, 1.82) is 5.26 Å². The fourth-order valence-electron chi connectivity index (χ4n) is 3.09. The third-order valence-corrected chi connectivity index (χ3v) is 5.17. The molecule has 0 amide bonds.